The lowest BCUT2D eigenvalue weighted by atomic mass is 10.0. The van der Waals surface area contributed by atoms with Crippen LogP contribution >= 0.6 is 0 Å². The van der Waals surface area contributed by atoms with Crippen molar-refractivity contribution >= 4 is 0 Å². The van der Waals surface area contributed by atoms with Crippen molar-refractivity contribution in [2.75, 3.05) is 19.6 Å². The molecule has 1 aliphatic heterocycles. The molecule has 4 nitrogen and oxygen atoms in total. The van der Waals surface area contributed by atoms with Crippen LogP contribution in [0.5, 0.6) is 0 Å². The van der Waals surface area contributed by atoms with Crippen LogP contribution in [-0.4, -0.2) is 30.3 Å². The highest BCUT2D eigenvalue weighted by Crippen LogP contribution is 2.52. The molecule has 0 unspecified atom stereocenters. The molecule has 30 heavy (non-hydrogen) atoms. The van der Waals surface area contributed by atoms with Gasteiger partial charge in [0, 0.05) is 11.1 Å². The van der Waals surface area contributed by atoms with E-state index in [4.69, 9.17) is 4.74 Å². The van der Waals surface area contributed by atoms with E-state index in [1.165, 1.54) is 17.7 Å². The zero-order chi connectivity index (χ0) is 21.8. The summed E-state index contributed by atoms with van der Waals surface area (Å²) in [6, 6.07) is 14.4. The molecule has 0 spiro atoms. The van der Waals surface area contributed by atoms with Crippen LogP contribution in [0.15, 0.2) is 58.8 Å². The van der Waals surface area contributed by atoms with Crippen LogP contribution in [0.25, 0.3) is 0 Å². The fourth-order valence-corrected chi connectivity index (χ4v) is 3.77. The SMILES string of the molecule is CC[N+](CC)(CC)Cc1ccccc1COCc1ccc(C2(C(F)(F)F)N=N2)cc1. The summed E-state index contributed by atoms with van der Waals surface area (Å²) in [6.07, 6.45) is -4.50. The molecule has 0 radical (unpaired) electrons. The molecule has 0 aliphatic carbocycles. The number of nitrogens with zero attached hydrogens (tertiary/aromatic N) is 3. The standard InChI is InChI=1S/C23H29F3N3O/c1-4-29(5-2,6-3)15-19-9-7-8-10-20(19)17-30-16-18-11-13-21(14-12-18)22(27-28-22)23(24,25)26/h7-14H,4-6,15-17H2,1-3H3/q+1. The number of rotatable bonds is 10. The molecular formula is C23H29F3N3O+. The van der Waals surface area contributed by atoms with E-state index in [-0.39, 0.29) is 5.56 Å². The molecule has 0 N–H and O–H groups in total. The first-order valence-electron chi connectivity index (χ1n) is 10.4. The third-order valence-corrected chi connectivity index (χ3v) is 6.21. The summed E-state index contributed by atoms with van der Waals surface area (Å²) < 4.78 is 46.2. The molecule has 0 atom stereocenters. The molecule has 1 aliphatic rings. The number of hydrogen-bond acceptors (Lipinski definition) is 3. The van der Waals surface area contributed by atoms with Crippen molar-refractivity contribution in [2.24, 2.45) is 10.2 Å². The minimum absolute atomic E-state index is 0.0388. The Morgan fingerprint density at radius 3 is 1.90 bits per heavy atom. The Hall–Kier alpha value is -2.25. The normalized spacial score (nSPS) is 15.4. The maximum atomic E-state index is 13.1. The summed E-state index contributed by atoms with van der Waals surface area (Å²) in [4.78, 5) is 0. The van der Waals surface area contributed by atoms with Gasteiger partial charge in [0.25, 0.3) is 0 Å². The Morgan fingerprint density at radius 1 is 0.833 bits per heavy atom. The monoisotopic (exact) mass is 420 g/mol. The number of alkyl halides is 3. The summed E-state index contributed by atoms with van der Waals surface area (Å²) >= 11 is 0. The summed E-state index contributed by atoms with van der Waals surface area (Å²) in [5, 5.41) is 6.47. The number of halogens is 3. The van der Waals surface area contributed by atoms with E-state index in [0.717, 1.165) is 41.8 Å². The van der Waals surface area contributed by atoms with Crippen molar-refractivity contribution in [3.63, 3.8) is 0 Å². The molecule has 1 heterocycles. The smallest absolute Gasteiger partial charge is 0.372 e. The van der Waals surface area contributed by atoms with Crippen molar-refractivity contribution in [3.05, 3.63) is 70.8 Å². The number of ether oxygens (including phenoxy) is 1. The Balaban J connectivity index is 1.61. The van der Waals surface area contributed by atoms with Gasteiger partial charge >= 0.3 is 11.8 Å². The van der Waals surface area contributed by atoms with E-state index in [1.54, 1.807) is 12.1 Å². The second-order valence-electron chi connectivity index (χ2n) is 7.78. The van der Waals surface area contributed by atoms with Crippen LogP contribution in [0.3, 0.4) is 0 Å². The first kappa shape index (κ1) is 22.4. The Morgan fingerprint density at radius 2 is 1.40 bits per heavy atom. The highest BCUT2D eigenvalue weighted by atomic mass is 19.4. The van der Waals surface area contributed by atoms with Crippen molar-refractivity contribution in [3.8, 4) is 0 Å². The fourth-order valence-electron chi connectivity index (χ4n) is 3.77. The quantitative estimate of drug-likeness (QED) is 0.437. The highest BCUT2D eigenvalue weighted by Gasteiger charge is 2.65. The van der Waals surface area contributed by atoms with Crippen LogP contribution in [0.1, 0.15) is 43.0 Å². The zero-order valence-electron chi connectivity index (χ0n) is 17.7. The Labute approximate surface area is 176 Å². The number of hydrogen-bond donors (Lipinski definition) is 0. The summed E-state index contributed by atoms with van der Waals surface area (Å²) in [5.41, 5.74) is 0.918. The van der Waals surface area contributed by atoms with E-state index in [1.807, 2.05) is 6.07 Å². The van der Waals surface area contributed by atoms with Gasteiger partial charge in [-0.15, -0.1) is 10.2 Å². The van der Waals surface area contributed by atoms with E-state index in [2.05, 4.69) is 49.2 Å². The minimum atomic E-state index is -4.50. The molecule has 0 fully saturated rings. The molecule has 2 aromatic rings. The predicted octanol–water partition coefficient (Wildman–Crippen LogP) is 5.96. The van der Waals surface area contributed by atoms with Crippen LogP contribution in [-0.2, 0) is 30.2 Å². The topological polar surface area (TPSA) is 34.0 Å². The fraction of sp³-hybridized carbons (Fsp3) is 0.478. The van der Waals surface area contributed by atoms with Crippen molar-refractivity contribution in [1.29, 1.82) is 0 Å². The van der Waals surface area contributed by atoms with Gasteiger partial charge < -0.3 is 9.22 Å². The molecule has 0 bridgehead atoms. The van der Waals surface area contributed by atoms with E-state index < -0.39 is 11.8 Å². The van der Waals surface area contributed by atoms with Crippen molar-refractivity contribution < 1.29 is 22.4 Å². The Bertz CT molecular complexity index is 860. The maximum Gasteiger partial charge on any atom is 0.442 e. The third kappa shape index (κ3) is 4.57. The molecule has 0 aromatic heterocycles. The highest BCUT2D eigenvalue weighted by molar-refractivity contribution is 5.32. The molecule has 2 aromatic carbocycles. The molecule has 3 rings (SSSR count). The molecule has 0 saturated carbocycles. The lowest BCUT2D eigenvalue weighted by Gasteiger charge is -2.36. The second kappa shape index (κ2) is 8.86. The van der Waals surface area contributed by atoms with Gasteiger partial charge in [0.1, 0.15) is 6.54 Å². The minimum Gasteiger partial charge on any atom is -0.372 e. The molecule has 7 heteroatoms. The molecule has 162 valence electrons. The van der Waals surface area contributed by atoms with Gasteiger partial charge in [0.15, 0.2) is 0 Å². The molecule has 0 amide bonds. The average molecular weight is 420 g/mol. The summed E-state index contributed by atoms with van der Waals surface area (Å²) in [5.74, 6) is 0. The van der Waals surface area contributed by atoms with Gasteiger partial charge in [-0.1, -0.05) is 48.5 Å². The summed E-state index contributed by atoms with van der Waals surface area (Å²) in [6.45, 7) is 11.7. The van der Waals surface area contributed by atoms with Gasteiger partial charge in [-0.3, -0.25) is 0 Å². The van der Waals surface area contributed by atoms with Crippen molar-refractivity contribution in [2.45, 2.75) is 52.4 Å². The molecular weight excluding hydrogens is 391 g/mol. The van der Waals surface area contributed by atoms with Gasteiger partial charge in [0.05, 0.1) is 32.8 Å². The Kier molecular flexibility index (Phi) is 6.62. The predicted molar refractivity (Wildman–Crippen MR) is 110 cm³/mol. The third-order valence-electron chi connectivity index (χ3n) is 6.21. The number of quaternary nitrogens is 1. The van der Waals surface area contributed by atoms with Gasteiger partial charge in [-0.05, 0) is 31.9 Å². The van der Waals surface area contributed by atoms with Crippen LogP contribution in [0, 0.1) is 0 Å². The lowest BCUT2D eigenvalue weighted by Crippen LogP contribution is -2.46. The average Bonchev–Trinajstić information content (AvgIpc) is 3.56. The van der Waals surface area contributed by atoms with Crippen molar-refractivity contribution in [1.82, 2.24) is 0 Å². The lowest BCUT2D eigenvalue weighted by molar-refractivity contribution is -0.936. The van der Waals surface area contributed by atoms with Crippen LogP contribution < -0.4 is 0 Å². The second-order valence-corrected chi connectivity index (χ2v) is 7.78. The van der Waals surface area contributed by atoms with E-state index in [0.29, 0.717) is 13.2 Å². The summed E-state index contributed by atoms with van der Waals surface area (Å²) in [7, 11) is 0. The van der Waals surface area contributed by atoms with Crippen LogP contribution in [0.4, 0.5) is 13.2 Å². The van der Waals surface area contributed by atoms with E-state index in [9.17, 15) is 13.2 Å². The zero-order valence-corrected chi connectivity index (χ0v) is 17.7. The van der Waals surface area contributed by atoms with Crippen LogP contribution in [0.2, 0.25) is 0 Å². The van der Waals surface area contributed by atoms with E-state index >= 15 is 0 Å². The van der Waals surface area contributed by atoms with Gasteiger partial charge in [0.2, 0.25) is 0 Å². The van der Waals surface area contributed by atoms with Gasteiger partial charge in [-0.2, -0.15) is 13.2 Å². The molecule has 0 saturated heterocycles. The maximum absolute atomic E-state index is 13.1. The van der Waals surface area contributed by atoms with Gasteiger partial charge in [-0.25, -0.2) is 0 Å². The largest absolute Gasteiger partial charge is 0.442 e. The number of benzene rings is 2. The first-order valence-corrected chi connectivity index (χ1v) is 10.4. The first-order chi connectivity index (χ1) is 14.3.